The highest BCUT2D eigenvalue weighted by Crippen LogP contribution is 2.25. The standard InChI is InChI=1S/C24H24ClN3O3S/c1-16(29)26-14-2-3-17-4-6-18(7-5-17)21-15-32-24(27-21)28-23(31)13-12-22(30)19-8-10-20(25)11-9-19/h4-11,15H,2-3,12-14H2,1H3,(H,26,29)(H,27,28,31). The smallest absolute Gasteiger partial charge is 0.226 e. The predicted octanol–water partition coefficient (Wildman–Crippen LogP) is 5.13. The van der Waals surface area contributed by atoms with Gasteiger partial charge in [-0.1, -0.05) is 35.9 Å². The Morgan fingerprint density at radius 3 is 2.41 bits per heavy atom. The Kier molecular flexibility index (Phi) is 8.53. The quantitative estimate of drug-likeness (QED) is 0.318. The second-order valence-corrected chi connectivity index (χ2v) is 8.59. The number of aromatic nitrogens is 1. The van der Waals surface area contributed by atoms with Gasteiger partial charge in [-0.25, -0.2) is 4.98 Å². The number of amides is 2. The number of carbonyl (C=O) groups excluding carboxylic acids is 3. The molecular weight excluding hydrogens is 446 g/mol. The van der Waals surface area contributed by atoms with Crippen molar-refractivity contribution in [3.05, 3.63) is 70.1 Å². The van der Waals surface area contributed by atoms with Gasteiger partial charge in [0.25, 0.3) is 0 Å². The van der Waals surface area contributed by atoms with E-state index < -0.39 is 0 Å². The van der Waals surface area contributed by atoms with Crippen LogP contribution in [-0.2, 0) is 16.0 Å². The number of nitrogens with zero attached hydrogens (tertiary/aromatic N) is 1. The van der Waals surface area contributed by atoms with Crippen LogP contribution in [-0.4, -0.2) is 29.1 Å². The molecule has 0 spiro atoms. The minimum Gasteiger partial charge on any atom is -0.356 e. The summed E-state index contributed by atoms with van der Waals surface area (Å²) in [4.78, 5) is 39.8. The molecule has 2 aromatic carbocycles. The van der Waals surface area contributed by atoms with Crippen molar-refractivity contribution in [1.29, 1.82) is 0 Å². The van der Waals surface area contributed by atoms with Crippen molar-refractivity contribution < 1.29 is 14.4 Å². The molecule has 2 amide bonds. The fourth-order valence-corrected chi connectivity index (χ4v) is 3.91. The normalized spacial score (nSPS) is 10.6. The number of ketones is 1. The van der Waals surface area contributed by atoms with E-state index in [9.17, 15) is 14.4 Å². The van der Waals surface area contributed by atoms with Crippen molar-refractivity contribution in [3.8, 4) is 11.3 Å². The van der Waals surface area contributed by atoms with Gasteiger partial charge in [0.05, 0.1) is 5.69 Å². The maximum Gasteiger partial charge on any atom is 0.226 e. The lowest BCUT2D eigenvalue weighted by molar-refractivity contribution is -0.119. The summed E-state index contributed by atoms with van der Waals surface area (Å²) in [7, 11) is 0. The zero-order chi connectivity index (χ0) is 22.9. The van der Waals surface area contributed by atoms with Crippen LogP contribution >= 0.6 is 22.9 Å². The van der Waals surface area contributed by atoms with Crippen molar-refractivity contribution in [1.82, 2.24) is 10.3 Å². The average Bonchev–Trinajstić information content (AvgIpc) is 3.24. The Morgan fingerprint density at radius 2 is 1.72 bits per heavy atom. The Balaban J connectivity index is 1.47. The molecule has 0 fully saturated rings. The third-order valence-corrected chi connectivity index (χ3v) is 5.77. The van der Waals surface area contributed by atoms with Crippen LogP contribution in [0, 0.1) is 0 Å². The topological polar surface area (TPSA) is 88.2 Å². The summed E-state index contributed by atoms with van der Waals surface area (Å²) >= 11 is 7.18. The number of nitrogens with one attached hydrogen (secondary N) is 2. The average molecular weight is 470 g/mol. The lowest BCUT2D eigenvalue weighted by atomic mass is 10.1. The predicted molar refractivity (Wildman–Crippen MR) is 128 cm³/mol. The van der Waals surface area contributed by atoms with Crippen molar-refractivity contribution >= 4 is 45.7 Å². The van der Waals surface area contributed by atoms with Gasteiger partial charge in [-0.2, -0.15) is 0 Å². The van der Waals surface area contributed by atoms with Crippen LogP contribution in [0.25, 0.3) is 11.3 Å². The maximum absolute atomic E-state index is 12.2. The molecule has 0 radical (unpaired) electrons. The van der Waals surface area contributed by atoms with Crippen LogP contribution in [0.2, 0.25) is 5.02 Å². The van der Waals surface area contributed by atoms with Crippen molar-refractivity contribution in [2.75, 3.05) is 11.9 Å². The first-order chi connectivity index (χ1) is 15.4. The lowest BCUT2D eigenvalue weighted by Crippen LogP contribution is -2.21. The molecule has 166 valence electrons. The Hall–Kier alpha value is -3.03. The fraction of sp³-hybridized carbons (Fsp3) is 0.250. The molecule has 1 heterocycles. The molecule has 0 saturated carbocycles. The highest BCUT2D eigenvalue weighted by Gasteiger charge is 2.12. The molecule has 0 aliphatic carbocycles. The van der Waals surface area contributed by atoms with Crippen molar-refractivity contribution in [3.63, 3.8) is 0 Å². The monoisotopic (exact) mass is 469 g/mol. The van der Waals surface area contributed by atoms with Gasteiger partial charge in [0.2, 0.25) is 11.8 Å². The van der Waals surface area contributed by atoms with Crippen LogP contribution in [0.1, 0.15) is 42.1 Å². The number of thiazole rings is 1. The molecule has 6 nitrogen and oxygen atoms in total. The van der Waals surface area contributed by atoms with E-state index in [1.807, 2.05) is 29.6 Å². The van der Waals surface area contributed by atoms with Gasteiger partial charge in [-0.15, -0.1) is 11.3 Å². The molecule has 1 aromatic heterocycles. The Labute approximate surface area is 196 Å². The lowest BCUT2D eigenvalue weighted by Gasteiger charge is -2.04. The first-order valence-corrected chi connectivity index (χ1v) is 11.5. The van der Waals surface area contributed by atoms with E-state index >= 15 is 0 Å². The van der Waals surface area contributed by atoms with Gasteiger partial charge >= 0.3 is 0 Å². The minimum absolute atomic E-state index is 0.0140. The van der Waals surface area contributed by atoms with E-state index in [0.717, 1.165) is 24.1 Å². The van der Waals surface area contributed by atoms with Crippen LogP contribution in [0.3, 0.4) is 0 Å². The number of carbonyl (C=O) groups is 3. The summed E-state index contributed by atoms with van der Waals surface area (Å²) in [5, 5.41) is 8.51. The summed E-state index contributed by atoms with van der Waals surface area (Å²) in [5.74, 6) is -0.364. The molecule has 2 N–H and O–H groups in total. The number of anilines is 1. The van der Waals surface area contributed by atoms with E-state index in [-0.39, 0.29) is 30.4 Å². The Bertz CT molecular complexity index is 1080. The number of rotatable bonds is 10. The highest BCUT2D eigenvalue weighted by molar-refractivity contribution is 7.14. The number of hydrogen-bond acceptors (Lipinski definition) is 5. The van der Waals surface area contributed by atoms with E-state index in [1.54, 1.807) is 24.3 Å². The molecular formula is C24H24ClN3O3S. The van der Waals surface area contributed by atoms with Gasteiger partial charge in [0.15, 0.2) is 10.9 Å². The number of hydrogen-bond donors (Lipinski definition) is 2. The number of benzene rings is 2. The van der Waals surface area contributed by atoms with E-state index in [1.165, 1.54) is 23.8 Å². The molecule has 0 aliphatic heterocycles. The number of aryl methyl sites for hydroxylation is 1. The molecule has 8 heteroatoms. The summed E-state index contributed by atoms with van der Waals surface area (Å²) in [5.41, 5.74) is 3.48. The van der Waals surface area contributed by atoms with Gasteiger partial charge in [-0.3, -0.25) is 14.4 Å². The van der Waals surface area contributed by atoms with Crippen molar-refractivity contribution in [2.24, 2.45) is 0 Å². The summed E-state index contributed by atoms with van der Waals surface area (Å²) < 4.78 is 0. The number of Topliss-reactive ketones (excluding diaryl/α,β-unsaturated/α-hetero) is 1. The zero-order valence-corrected chi connectivity index (χ0v) is 19.3. The molecule has 0 saturated heterocycles. The minimum atomic E-state index is -0.247. The molecule has 3 aromatic rings. The van der Waals surface area contributed by atoms with E-state index in [2.05, 4.69) is 15.6 Å². The van der Waals surface area contributed by atoms with E-state index in [0.29, 0.717) is 22.3 Å². The van der Waals surface area contributed by atoms with Crippen LogP contribution in [0.15, 0.2) is 53.9 Å². The molecule has 0 aliphatic rings. The van der Waals surface area contributed by atoms with Crippen LogP contribution in [0.4, 0.5) is 5.13 Å². The zero-order valence-electron chi connectivity index (χ0n) is 17.7. The first kappa shape index (κ1) is 23.6. The molecule has 0 bridgehead atoms. The highest BCUT2D eigenvalue weighted by atomic mass is 35.5. The molecule has 0 unspecified atom stereocenters. The van der Waals surface area contributed by atoms with Crippen LogP contribution < -0.4 is 10.6 Å². The SMILES string of the molecule is CC(=O)NCCCc1ccc(-c2csc(NC(=O)CCC(=O)c3ccc(Cl)cc3)n2)cc1. The summed E-state index contributed by atoms with van der Waals surface area (Å²) in [6.07, 6.45) is 1.97. The molecule has 0 atom stereocenters. The Morgan fingerprint density at radius 1 is 1.00 bits per heavy atom. The largest absolute Gasteiger partial charge is 0.356 e. The van der Waals surface area contributed by atoms with Gasteiger partial charge < -0.3 is 10.6 Å². The van der Waals surface area contributed by atoms with E-state index in [4.69, 9.17) is 11.6 Å². The fourth-order valence-electron chi connectivity index (χ4n) is 3.05. The second kappa shape index (κ2) is 11.5. The summed E-state index contributed by atoms with van der Waals surface area (Å²) in [6, 6.07) is 14.7. The van der Waals surface area contributed by atoms with Gasteiger partial charge in [0, 0.05) is 47.8 Å². The second-order valence-electron chi connectivity index (χ2n) is 7.30. The first-order valence-electron chi connectivity index (χ1n) is 10.3. The molecule has 3 rings (SSSR count). The van der Waals surface area contributed by atoms with Gasteiger partial charge in [0.1, 0.15) is 0 Å². The maximum atomic E-state index is 12.2. The summed E-state index contributed by atoms with van der Waals surface area (Å²) in [6.45, 7) is 2.18. The van der Waals surface area contributed by atoms with Crippen LogP contribution in [0.5, 0.6) is 0 Å². The third kappa shape index (κ3) is 7.28. The van der Waals surface area contributed by atoms with Crippen molar-refractivity contribution in [2.45, 2.75) is 32.6 Å². The molecule has 32 heavy (non-hydrogen) atoms. The van der Waals surface area contributed by atoms with Gasteiger partial charge in [-0.05, 0) is 42.7 Å². The third-order valence-electron chi connectivity index (χ3n) is 4.76. The number of halogens is 1.